The van der Waals surface area contributed by atoms with Gasteiger partial charge in [-0.2, -0.15) is 5.16 Å². The highest BCUT2D eigenvalue weighted by Crippen LogP contribution is 2.25. The number of aromatic nitrogens is 4. The number of nitrogens with zero attached hydrogens (tertiary/aromatic N) is 3. The highest BCUT2D eigenvalue weighted by atomic mass is 16.6. The molecule has 0 fully saturated rings. The van der Waals surface area contributed by atoms with Gasteiger partial charge in [-0.3, -0.25) is 4.63 Å². The number of furan rings is 1. The Morgan fingerprint density at radius 2 is 2.06 bits per heavy atom. The van der Waals surface area contributed by atoms with Crippen molar-refractivity contribution in [2.45, 2.75) is 0 Å². The molecule has 0 saturated heterocycles. The third-order valence-corrected chi connectivity index (χ3v) is 2.61. The summed E-state index contributed by atoms with van der Waals surface area (Å²) in [6.45, 7) is 0. The van der Waals surface area contributed by atoms with Gasteiger partial charge in [0.15, 0.2) is 17.1 Å². The van der Waals surface area contributed by atoms with Crippen LogP contribution in [0.5, 0.6) is 0 Å². The maximum absolute atomic E-state index is 5.27. The summed E-state index contributed by atoms with van der Waals surface area (Å²) in [5, 5.41) is 6.56. The lowest BCUT2D eigenvalue weighted by molar-refractivity contribution is 0.315. The van der Waals surface area contributed by atoms with E-state index in [4.69, 9.17) is 9.05 Å². The molecule has 4 aromatic rings. The van der Waals surface area contributed by atoms with Crippen molar-refractivity contribution in [2.24, 2.45) is 0 Å². The third-order valence-electron chi connectivity index (χ3n) is 2.61. The van der Waals surface area contributed by atoms with Crippen molar-refractivity contribution in [1.82, 2.24) is 20.3 Å². The van der Waals surface area contributed by atoms with Crippen molar-refractivity contribution in [2.75, 3.05) is 0 Å². The highest BCUT2D eigenvalue weighted by Gasteiger charge is 2.13. The van der Waals surface area contributed by atoms with Crippen molar-refractivity contribution in [1.29, 1.82) is 0 Å². The zero-order valence-corrected chi connectivity index (χ0v) is 8.54. The lowest BCUT2D eigenvalue weighted by atomic mass is 10.3. The molecule has 0 spiro atoms. The van der Waals surface area contributed by atoms with Gasteiger partial charge in [-0.05, 0) is 29.4 Å². The Morgan fingerprint density at radius 3 is 2.94 bits per heavy atom. The molecule has 82 valence electrons. The summed E-state index contributed by atoms with van der Waals surface area (Å²) < 4.78 is 10.1. The van der Waals surface area contributed by atoms with E-state index in [0.717, 1.165) is 11.0 Å². The number of nitrogens with one attached hydrogen (secondary N) is 1. The first kappa shape index (κ1) is 8.51. The van der Waals surface area contributed by atoms with Crippen LogP contribution in [-0.2, 0) is 0 Å². The molecule has 0 atom stereocenters. The van der Waals surface area contributed by atoms with Crippen molar-refractivity contribution in [3.05, 3.63) is 30.5 Å². The molecule has 0 amide bonds. The summed E-state index contributed by atoms with van der Waals surface area (Å²) in [7, 11) is 0. The molecule has 4 rings (SSSR count). The van der Waals surface area contributed by atoms with Crippen LogP contribution in [-0.4, -0.2) is 20.3 Å². The van der Waals surface area contributed by atoms with Crippen LogP contribution in [0.4, 0.5) is 0 Å². The fourth-order valence-corrected chi connectivity index (χ4v) is 1.82. The number of aromatic amines is 1. The minimum Gasteiger partial charge on any atom is -0.461 e. The molecule has 1 N–H and O–H groups in total. The van der Waals surface area contributed by atoms with Crippen molar-refractivity contribution >= 4 is 22.1 Å². The maximum atomic E-state index is 5.27. The molecule has 6 nitrogen and oxygen atoms in total. The molecule has 0 saturated carbocycles. The van der Waals surface area contributed by atoms with Gasteiger partial charge in [0.05, 0.1) is 11.8 Å². The topological polar surface area (TPSA) is 80.7 Å². The molecule has 3 heterocycles. The van der Waals surface area contributed by atoms with Gasteiger partial charge in [0.25, 0.3) is 0 Å². The van der Waals surface area contributed by atoms with E-state index >= 15 is 0 Å². The Hall–Kier alpha value is -2.63. The van der Waals surface area contributed by atoms with Gasteiger partial charge in [-0.25, -0.2) is 9.97 Å². The maximum Gasteiger partial charge on any atom is 0.196 e. The summed E-state index contributed by atoms with van der Waals surface area (Å²) in [5.74, 6) is 1.20. The lowest BCUT2D eigenvalue weighted by Gasteiger charge is -1.84. The van der Waals surface area contributed by atoms with Gasteiger partial charge in [-0.1, -0.05) is 0 Å². The molecule has 0 aliphatic carbocycles. The summed E-state index contributed by atoms with van der Waals surface area (Å²) in [4.78, 5) is 8.79. The van der Waals surface area contributed by atoms with E-state index in [0.29, 0.717) is 22.6 Å². The second-order valence-electron chi connectivity index (χ2n) is 3.64. The average Bonchev–Trinajstić information content (AvgIpc) is 3.08. The molecule has 0 unspecified atom stereocenters. The molecule has 0 radical (unpaired) electrons. The molecule has 6 heteroatoms. The second-order valence-corrected chi connectivity index (χ2v) is 3.64. The van der Waals surface area contributed by atoms with Crippen LogP contribution in [0.3, 0.4) is 0 Å². The number of H-pyrrole nitrogens is 1. The van der Waals surface area contributed by atoms with E-state index in [2.05, 4.69) is 20.3 Å². The molecular formula is C11H6N4O2. The summed E-state index contributed by atoms with van der Waals surface area (Å²) >= 11 is 0. The van der Waals surface area contributed by atoms with Crippen LogP contribution in [0.25, 0.3) is 33.7 Å². The SMILES string of the molecule is c1coc(-c2nc3ccc4[nH]onc4c3n2)c1. The zero-order chi connectivity index (χ0) is 11.2. The lowest BCUT2D eigenvalue weighted by Crippen LogP contribution is -1.74. The molecular weight excluding hydrogens is 220 g/mol. The van der Waals surface area contributed by atoms with Gasteiger partial charge >= 0.3 is 0 Å². The van der Waals surface area contributed by atoms with Crippen LogP contribution in [0.15, 0.2) is 39.6 Å². The number of benzene rings is 1. The highest BCUT2D eigenvalue weighted by molar-refractivity contribution is 6.00. The number of fused-ring (bicyclic) bond motifs is 3. The van der Waals surface area contributed by atoms with E-state index in [-0.39, 0.29) is 0 Å². The zero-order valence-electron chi connectivity index (χ0n) is 8.54. The van der Waals surface area contributed by atoms with Crippen molar-refractivity contribution in [3.8, 4) is 11.6 Å². The van der Waals surface area contributed by atoms with Gasteiger partial charge in [0.2, 0.25) is 0 Å². The summed E-state index contributed by atoms with van der Waals surface area (Å²) in [5.41, 5.74) is 2.95. The molecule has 0 aliphatic rings. The minimum atomic E-state index is 0.556. The van der Waals surface area contributed by atoms with E-state index in [1.165, 1.54) is 0 Å². The molecule has 1 aromatic carbocycles. The fraction of sp³-hybridized carbons (Fsp3) is 0. The number of imidazole rings is 1. The first-order chi connectivity index (χ1) is 8.42. The Morgan fingerprint density at radius 1 is 1.06 bits per heavy atom. The van der Waals surface area contributed by atoms with E-state index in [1.54, 1.807) is 12.3 Å². The Kier molecular flexibility index (Phi) is 1.47. The van der Waals surface area contributed by atoms with Crippen LogP contribution >= 0.6 is 0 Å². The third kappa shape index (κ3) is 1.12. The van der Waals surface area contributed by atoms with Crippen molar-refractivity contribution < 1.29 is 9.05 Å². The van der Waals surface area contributed by atoms with Crippen LogP contribution in [0.2, 0.25) is 0 Å². The Bertz CT molecular complexity index is 797. The first-order valence-electron chi connectivity index (χ1n) is 5.06. The molecule has 17 heavy (non-hydrogen) atoms. The number of rotatable bonds is 1. The number of hydrogen-bond donors (Lipinski definition) is 1. The number of hydrogen-bond acceptors (Lipinski definition) is 5. The van der Waals surface area contributed by atoms with Crippen molar-refractivity contribution in [3.63, 3.8) is 0 Å². The summed E-state index contributed by atoms with van der Waals surface area (Å²) in [6.07, 6.45) is 1.59. The van der Waals surface area contributed by atoms with Gasteiger partial charge < -0.3 is 4.42 Å². The normalized spacial score (nSPS) is 11.5. The largest absolute Gasteiger partial charge is 0.461 e. The smallest absolute Gasteiger partial charge is 0.196 e. The van der Waals surface area contributed by atoms with E-state index in [1.807, 2.05) is 18.2 Å². The predicted octanol–water partition coefficient (Wildman–Crippen LogP) is 2.36. The van der Waals surface area contributed by atoms with E-state index < -0.39 is 0 Å². The monoisotopic (exact) mass is 226 g/mol. The van der Waals surface area contributed by atoms with E-state index in [9.17, 15) is 0 Å². The summed E-state index contributed by atoms with van der Waals surface area (Å²) in [6, 6.07) is 7.34. The van der Waals surface area contributed by atoms with Gasteiger partial charge in [-0.15, -0.1) is 0 Å². The first-order valence-corrected chi connectivity index (χ1v) is 5.06. The molecule has 0 aliphatic heterocycles. The van der Waals surface area contributed by atoms with Crippen LogP contribution in [0, 0.1) is 0 Å². The average molecular weight is 226 g/mol. The Balaban J connectivity index is 2.09. The second kappa shape index (κ2) is 2.94. The standard InChI is InChI=1S/C11H6N4O2/c1-2-8(16-5-1)11-12-6-3-4-7-10(9(6)13-11)15-17-14-7/h1-5,14H. The van der Waals surface area contributed by atoms with Gasteiger partial charge in [0.1, 0.15) is 11.0 Å². The minimum absolute atomic E-state index is 0.556. The predicted molar refractivity (Wildman–Crippen MR) is 59.2 cm³/mol. The molecule has 3 aromatic heterocycles. The quantitative estimate of drug-likeness (QED) is 0.538. The molecule has 0 bridgehead atoms. The fourth-order valence-electron chi connectivity index (χ4n) is 1.82. The van der Waals surface area contributed by atoms with Crippen LogP contribution < -0.4 is 0 Å². The van der Waals surface area contributed by atoms with Gasteiger partial charge in [0, 0.05) is 0 Å². The van der Waals surface area contributed by atoms with Crippen LogP contribution in [0.1, 0.15) is 0 Å². The Labute approximate surface area is 94.2 Å².